The first-order chi connectivity index (χ1) is 8.21. The Morgan fingerprint density at radius 1 is 1.41 bits per heavy atom. The molecule has 1 rings (SSSR count). The average molecular weight is 242 g/mol. The van der Waals surface area contributed by atoms with E-state index in [1.165, 1.54) is 0 Å². The zero-order chi connectivity index (χ0) is 12.7. The highest BCUT2D eigenvalue weighted by Crippen LogP contribution is 2.28. The average Bonchev–Trinajstić information content (AvgIpc) is 2.38. The lowest BCUT2D eigenvalue weighted by Gasteiger charge is -2.28. The Bertz CT molecular complexity index is 225. The van der Waals surface area contributed by atoms with Crippen LogP contribution >= 0.6 is 0 Å². The van der Waals surface area contributed by atoms with Crippen LogP contribution in [-0.2, 0) is 4.79 Å². The molecule has 0 aromatic heterocycles. The highest BCUT2D eigenvalue weighted by atomic mass is 16.3. The summed E-state index contributed by atoms with van der Waals surface area (Å²) in [4.78, 5) is 12.0. The first-order valence-corrected chi connectivity index (χ1v) is 6.82. The molecule has 0 radical (unpaired) electrons. The number of hydrogen-bond donors (Lipinski definition) is 3. The van der Waals surface area contributed by atoms with Crippen molar-refractivity contribution in [2.45, 2.75) is 51.5 Å². The van der Waals surface area contributed by atoms with E-state index in [9.17, 15) is 4.79 Å². The van der Waals surface area contributed by atoms with Gasteiger partial charge >= 0.3 is 0 Å². The molecule has 1 aliphatic carbocycles. The quantitative estimate of drug-likeness (QED) is 0.651. The Morgan fingerprint density at radius 3 is 2.53 bits per heavy atom. The van der Waals surface area contributed by atoms with Crippen molar-refractivity contribution in [3.8, 4) is 0 Å². The fourth-order valence-electron chi connectivity index (χ4n) is 2.51. The zero-order valence-electron chi connectivity index (χ0n) is 10.8. The molecule has 1 amide bonds. The zero-order valence-corrected chi connectivity index (χ0v) is 10.8. The van der Waals surface area contributed by atoms with Crippen molar-refractivity contribution >= 4 is 5.91 Å². The van der Waals surface area contributed by atoms with Gasteiger partial charge in [0.1, 0.15) is 0 Å². The van der Waals surface area contributed by atoms with E-state index in [1.807, 2.05) is 6.92 Å². The molecule has 1 atom stereocenters. The minimum atomic E-state index is 0.125. The molecule has 1 saturated carbocycles. The van der Waals surface area contributed by atoms with E-state index in [-0.39, 0.29) is 24.5 Å². The third-order valence-corrected chi connectivity index (χ3v) is 3.87. The molecule has 1 fully saturated rings. The van der Waals surface area contributed by atoms with Gasteiger partial charge in [0.15, 0.2) is 0 Å². The maximum absolute atomic E-state index is 12.0. The van der Waals surface area contributed by atoms with Crippen LogP contribution in [0.15, 0.2) is 0 Å². The first kappa shape index (κ1) is 14.5. The third kappa shape index (κ3) is 4.64. The number of rotatable bonds is 6. The van der Waals surface area contributed by atoms with Crippen LogP contribution in [0, 0.1) is 11.8 Å². The molecule has 4 nitrogen and oxygen atoms in total. The van der Waals surface area contributed by atoms with Gasteiger partial charge < -0.3 is 16.2 Å². The Labute approximate surface area is 104 Å². The van der Waals surface area contributed by atoms with Gasteiger partial charge in [-0.1, -0.05) is 6.92 Å². The standard InChI is InChI=1S/C13H26N2O2/c1-2-12(7-8-16)15-13(17)11-5-3-10(9-14)4-6-11/h10-12,16H,2-9,14H2,1H3,(H,15,17). The second kappa shape index (κ2) is 7.67. The summed E-state index contributed by atoms with van der Waals surface area (Å²) in [6.07, 6.45) is 5.61. The molecule has 4 N–H and O–H groups in total. The molecule has 1 aliphatic rings. The van der Waals surface area contributed by atoms with Crippen LogP contribution < -0.4 is 11.1 Å². The molecule has 0 heterocycles. The number of carbonyl (C=O) groups is 1. The minimum absolute atomic E-state index is 0.125. The smallest absolute Gasteiger partial charge is 0.223 e. The number of carbonyl (C=O) groups excluding carboxylic acids is 1. The van der Waals surface area contributed by atoms with Crippen LogP contribution in [0.3, 0.4) is 0 Å². The van der Waals surface area contributed by atoms with Crippen LogP contribution in [-0.4, -0.2) is 30.2 Å². The largest absolute Gasteiger partial charge is 0.396 e. The van der Waals surface area contributed by atoms with Crippen LogP contribution in [0.4, 0.5) is 0 Å². The number of aliphatic hydroxyl groups excluding tert-OH is 1. The summed E-state index contributed by atoms with van der Waals surface area (Å²) in [6, 6.07) is 0.125. The maximum atomic E-state index is 12.0. The highest BCUT2D eigenvalue weighted by Gasteiger charge is 2.26. The Balaban J connectivity index is 2.32. The monoisotopic (exact) mass is 242 g/mol. The lowest BCUT2D eigenvalue weighted by atomic mass is 9.81. The van der Waals surface area contributed by atoms with Crippen molar-refractivity contribution in [2.24, 2.45) is 17.6 Å². The summed E-state index contributed by atoms with van der Waals surface area (Å²) < 4.78 is 0. The number of aliphatic hydroxyl groups is 1. The van der Waals surface area contributed by atoms with Gasteiger partial charge in [0.2, 0.25) is 5.91 Å². The van der Waals surface area contributed by atoms with Crippen molar-refractivity contribution in [3.63, 3.8) is 0 Å². The summed E-state index contributed by atoms with van der Waals surface area (Å²) in [5.41, 5.74) is 5.64. The summed E-state index contributed by atoms with van der Waals surface area (Å²) in [7, 11) is 0. The summed E-state index contributed by atoms with van der Waals surface area (Å²) in [5, 5.41) is 11.9. The summed E-state index contributed by atoms with van der Waals surface area (Å²) in [5.74, 6) is 0.935. The van der Waals surface area contributed by atoms with Gasteiger partial charge in [0.25, 0.3) is 0 Å². The molecule has 100 valence electrons. The lowest BCUT2D eigenvalue weighted by Crippen LogP contribution is -2.40. The predicted molar refractivity (Wildman–Crippen MR) is 68.4 cm³/mol. The number of amides is 1. The molecule has 4 heteroatoms. The summed E-state index contributed by atoms with van der Waals surface area (Å²) in [6.45, 7) is 2.92. The normalized spacial score (nSPS) is 26.5. The topological polar surface area (TPSA) is 75.3 Å². The third-order valence-electron chi connectivity index (χ3n) is 3.87. The summed E-state index contributed by atoms with van der Waals surface area (Å²) >= 11 is 0. The highest BCUT2D eigenvalue weighted by molar-refractivity contribution is 5.79. The Hall–Kier alpha value is -0.610. The SMILES string of the molecule is CCC(CCO)NC(=O)C1CCC(CN)CC1. The van der Waals surface area contributed by atoms with E-state index in [0.717, 1.165) is 38.6 Å². The van der Waals surface area contributed by atoms with Gasteiger partial charge in [-0.15, -0.1) is 0 Å². The van der Waals surface area contributed by atoms with Crippen LogP contribution in [0.2, 0.25) is 0 Å². The van der Waals surface area contributed by atoms with Crippen LogP contribution in [0.25, 0.3) is 0 Å². The fraction of sp³-hybridized carbons (Fsp3) is 0.923. The van der Waals surface area contributed by atoms with Crippen LogP contribution in [0.5, 0.6) is 0 Å². The molecule has 0 aromatic rings. The van der Waals surface area contributed by atoms with Gasteiger partial charge in [-0.2, -0.15) is 0 Å². The van der Waals surface area contributed by atoms with Crippen molar-refractivity contribution in [1.82, 2.24) is 5.32 Å². The van der Waals surface area contributed by atoms with Gasteiger partial charge in [-0.3, -0.25) is 4.79 Å². The molecule has 0 spiro atoms. The van der Waals surface area contributed by atoms with Gasteiger partial charge in [0.05, 0.1) is 0 Å². The second-order valence-electron chi connectivity index (χ2n) is 5.08. The van der Waals surface area contributed by atoms with Gasteiger partial charge in [-0.25, -0.2) is 0 Å². The number of hydrogen-bond acceptors (Lipinski definition) is 3. The van der Waals surface area contributed by atoms with Crippen molar-refractivity contribution < 1.29 is 9.90 Å². The predicted octanol–water partition coefficient (Wildman–Crippen LogP) is 1.03. The molecule has 0 aromatic carbocycles. The van der Waals surface area contributed by atoms with E-state index in [0.29, 0.717) is 12.3 Å². The molecule has 0 aliphatic heterocycles. The van der Waals surface area contributed by atoms with Gasteiger partial charge in [0, 0.05) is 18.6 Å². The molecular formula is C13H26N2O2. The molecule has 1 unspecified atom stereocenters. The minimum Gasteiger partial charge on any atom is -0.396 e. The van der Waals surface area contributed by atoms with E-state index in [1.54, 1.807) is 0 Å². The van der Waals surface area contributed by atoms with Crippen molar-refractivity contribution in [2.75, 3.05) is 13.2 Å². The second-order valence-corrected chi connectivity index (χ2v) is 5.08. The van der Waals surface area contributed by atoms with E-state index in [2.05, 4.69) is 5.32 Å². The molecule has 0 bridgehead atoms. The van der Waals surface area contributed by atoms with E-state index >= 15 is 0 Å². The van der Waals surface area contributed by atoms with E-state index < -0.39 is 0 Å². The maximum Gasteiger partial charge on any atom is 0.223 e. The van der Waals surface area contributed by atoms with E-state index in [4.69, 9.17) is 10.8 Å². The number of nitrogens with two attached hydrogens (primary N) is 1. The van der Waals surface area contributed by atoms with Gasteiger partial charge in [-0.05, 0) is 51.0 Å². The van der Waals surface area contributed by atoms with Crippen LogP contribution in [0.1, 0.15) is 45.4 Å². The molecular weight excluding hydrogens is 216 g/mol. The number of nitrogens with one attached hydrogen (secondary N) is 1. The fourth-order valence-corrected chi connectivity index (χ4v) is 2.51. The molecule has 0 saturated heterocycles. The lowest BCUT2D eigenvalue weighted by molar-refractivity contribution is -0.127. The Kier molecular flexibility index (Phi) is 6.52. The molecule has 17 heavy (non-hydrogen) atoms. The Morgan fingerprint density at radius 2 is 2.06 bits per heavy atom. The first-order valence-electron chi connectivity index (χ1n) is 6.82. The van der Waals surface area contributed by atoms with Crippen molar-refractivity contribution in [3.05, 3.63) is 0 Å². The van der Waals surface area contributed by atoms with Crippen molar-refractivity contribution in [1.29, 1.82) is 0 Å².